The highest BCUT2D eigenvalue weighted by Crippen LogP contribution is 2.01. The Hall–Kier alpha value is -0.100. The Labute approximate surface area is 97.0 Å². The van der Waals surface area contributed by atoms with Gasteiger partial charge in [0, 0.05) is 13.1 Å². The normalized spacial score (nSPS) is 18.3. The number of thiol groups is 1. The molecule has 0 bridgehead atoms. The van der Waals surface area contributed by atoms with Crippen LogP contribution in [-0.4, -0.2) is 61.0 Å². The first-order chi connectivity index (χ1) is 7.22. The van der Waals surface area contributed by atoms with Crippen molar-refractivity contribution in [3.63, 3.8) is 0 Å². The molecule has 1 aliphatic rings. The molecule has 4 nitrogen and oxygen atoms in total. The van der Waals surface area contributed by atoms with E-state index in [2.05, 4.69) is 29.4 Å². The summed E-state index contributed by atoms with van der Waals surface area (Å²) in [7, 11) is 0. The maximum Gasteiger partial charge on any atom is 0.199 e. The van der Waals surface area contributed by atoms with Gasteiger partial charge in [0.15, 0.2) is 5.12 Å². The van der Waals surface area contributed by atoms with Crippen LogP contribution in [-0.2, 0) is 9.53 Å². The largest absolute Gasteiger partial charge is 0.379 e. The Kier molecular flexibility index (Phi) is 6.24. The molecular formula is C10H20N2O2S. The van der Waals surface area contributed by atoms with Gasteiger partial charge in [-0.3, -0.25) is 14.6 Å². The summed E-state index contributed by atoms with van der Waals surface area (Å²) in [6.45, 7) is 7.88. The second-order valence-electron chi connectivity index (χ2n) is 3.82. The SMILES string of the molecule is CCCN(CC(=O)S)CN1CCOCC1. The van der Waals surface area contributed by atoms with Gasteiger partial charge in [0.25, 0.3) is 0 Å². The van der Waals surface area contributed by atoms with Gasteiger partial charge in [-0.1, -0.05) is 6.92 Å². The lowest BCUT2D eigenvalue weighted by molar-refractivity contribution is -0.112. The Balaban J connectivity index is 2.31. The van der Waals surface area contributed by atoms with Gasteiger partial charge in [-0.15, -0.1) is 12.6 Å². The molecule has 0 atom stereocenters. The Morgan fingerprint density at radius 1 is 1.47 bits per heavy atom. The van der Waals surface area contributed by atoms with E-state index in [0.717, 1.165) is 45.9 Å². The summed E-state index contributed by atoms with van der Waals surface area (Å²) in [5.41, 5.74) is 0. The molecule has 0 unspecified atom stereocenters. The third kappa shape index (κ3) is 5.51. The average Bonchev–Trinajstić information content (AvgIpc) is 2.18. The first-order valence-electron chi connectivity index (χ1n) is 5.46. The molecule has 0 radical (unpaired) electrons. The number of carbonyl (C=O) groups excluding carboxylic acids is 1. The Morgan fingerprint density at radius 2 is 2.13 bits per heavy atom. The summed E-state index contributed by atoms with van der Waals surface area (Å²) in [5, 5.41) is -0.0586. The molecule has 15 heavy (non-hydrogen) atoms. The van der Waals surface area contributed by atoms with Gasteiger partial charge in [-0.25, -0.2) is 0 Å². The number of ether oxygens (including phenoxy) is 1. The van der Waals surface area contributed by atoms with Crippen LogP contribution in [0.25, 0.3) is 0 Å². The van der Waals surface area contributed by atoms with Crippen LogP contribution in [0.5, 0.6) is 0 Å². The van der Waals surface area contributed by atoms with E-state index < -0.39 is 0 Å². The van der Waals surface area contributed by atoms with Crippen LogP contribution >= 0.6 is 12.6 Å². The summed E-state index contributed by atoms with van der Waals surface area (Å²) in [6.07, 6.45) is 1.06. The quantitative estimate of drug-likeness (QED) is 0.674. The van der Waals surface area contributed by atoms with Crippen molar-refractivity contribution in [1.82, 2.24) is 9.80 Å². The van der Waals surface area contributed by atoms with Crippen molar-refractivity contribution in [2.24, 2.45) is 0 Å². The van der Waals surface area contributed by atoms with Crippen molar-refractivity contribution >= 4 is 17.7 Å². The number of hydrogen-bond acceptors (Lipinski definition) is 4. The van der Waals surface area contributed by atoms with Crippen molar-refractivity contribution in [2.45, 2.75) is 13.3 Å². The van der Waals surface area contributed by atoms with Crippen LogP contribution in [0.2, 0.25) is 0 Å². The van der Waals surface area contributed by atoms with Crippen LogP contribution in [0, 0.1) is 0 Å². The van der Waals surface area contributed by atoms with Crippen molar-refractivity contribution in [3.8, 4) is 0 Å². The average molecular weight is 232 g/mol. The van der Waals surface area contributed by atoms with Crippen molar-refractivity contribution in [2.75, 3.05) is 46.1 Å². The summed E-state index contributed by atoms with van der Waals surface area (Å²) in [6, 6.07) is 0. The van der Waals surface area contributed by atoms with Gasteiger partial charge in [0.05, 0.1) is 26.4 Å². The molecule has 1 fully saturated rings. The van der Waals surface area contributed by atoms with Crippen LogP contribution in [0.3, 0.4) is 0 Å². The fourth-order valence-electron chi connectivity index (χ4n) is 1.73. The summed E-state index contributed by atoms with van der Waals surface area (Å²) >= 11 is 3.82. The Bertz CT molecular complexity index is 196. The predicted octanol–water partition coefficient (Wildman–Crippen LogP) is 0.444. The van der Waals surface area contributed by atoms with E-state index in [4.69, 9.17) is 4.74 Å². The third-order valence-corrected chi connectivity index (χ3v) is 2.54. The van der Waals surface area contributed by atoms with Gasteiger partial charge >= 0.3 is 0 Å². The standard InChI is InChI=1S/C10H20N2O2S/c1-2-3-12(8-10(13)15)9-11-4-6-14-7-5-11/h2-9H2,1H3,(H,13,15). The molecule has 0 aromatic rings. The molecule has 0 aliphatic carbocycles. The van der Waals surface area contributed by atoms with Crippen LogP contribution in [0.1, 0.15) is 13.3 Å². The van der Waals surface area contributed by atoms with Crippen LogP contribution in [0.4, 0.5) is 0 Å². The molecule has 0 aromatic heterocycles. The summed E-state index contributed by atoms with van der Waals surface area (Å²) in [5.74, 6) is 0. The van der Waals surface area contributed by atoms with Gasteiger partial charge in [-0.2, -0.15) is 0 Å². The van der Waals surface area contributed by atoms with E-state index in [-0.39, 0.29) is 5.12 Å². The van der Waals surface area contributed by atoms with Crippen LogP contribution in [0.15, 0.2) is 0 Å². The lowest BCUT2D eigenvalue weighted by Crippen LogP contribution is -2.45. The zero-order valence-electron chi connectivity index (χ0n) is 9.31. The molecule has 1 saturated heterocycles. The molecule has 0 saturated carbocycles. The molecule has 5 heteroatoms. The molecule has 88 valence electrons. The van der Waals surface area contributed by atoms with Gasteiger partial charge < -0.3 is 4.74 Å². The van der Waals surface area contributed by atoms with E-state index in [9.17, 15) is 4.79 Å². The molecule has 0 spiro atoms. The van der Waals surface area contributed by atoms with Crippen molar-refractivity contribution < 1.29 is 9.53 Å². The monoisotopic (exact) mass is 232 g/mol. The number of rotatable bonds is 6. The number of nitrogens with zero attached hydrogens (tertiary/aromatic N) is 2. The minimum atomic E-state index is -0.0586. The van der Waals surface area contributed by atoms with Gasteiger partial charge in [0.2, 0.25) is 0 Å². The molecule has 0 amide bonds. The summed E-state index contributed by atoms with van der Waals surface area (Å²) in [4.78, 5) is 15.4. The summed E-state index contributed by atoms with van der Waals surface area (Å²) < 4.78 is 5.28. The number of morpholine rings is 1. The molecule has 1 aliphatic heterocycles. The maximum atomic E-state index is 10.9. The molecular weight excluding hydrogens is 212 g/mol. The van der Waals surface area contributed by atoms with Gasteiger partial charge in [-0.05, 0) is 13.0 Å². The molecule has 0 aromatic carbocycles. The third-order valence-electron chi connectivity index (χ3n) is 2.40. The first kappa shape index (κ1) is 13.0. The zero-order chi connectivity index (χ0) is 11.1. The minimum Gasteiger partial charge on any atom is -0.379 e. The fourth-order valence-corrected chi connectivity index (χ4v) is 1.93. The van der Waals surface area contributed by atoms with Crippen molar-refractivity contribution in [3.05, 3.63) is 0 Å². The van der Waals surface area contributed by atoms with Gasteiger partial charge in [0.1, 0.15) is 0 Å². The molecule has 1 heterocycles. The zero-order valence-corrected chi connectivity index (χ0v) is 10.2. The minimum absolute atomic E-state index is 0.0586. The highest BCUT2D eigenvalue weighted by Gasteiger charge is 2.15. The topological polar surface area (TPSA) is 32.8 Å². The second-order valence-corrected chi connectivity index (χ2v) is 4.32. The van der Waals surface area contributed by atoms with E-state index in [1.165, 1.54) is 0 Å². The lowest BCUT2D eigenvalue weighted by atomic mass is 10.4. The Morgan fingerprint density at radius 3 is 2.67 bits per heavy atom. The smallest absolute Gasteiger partial charge is 0.199 e. The van der Waals surface area contributed by atoms with Crippen LogP contribution < -0.4 is 0 Å². The van der Waals surface area contributed by atoms with E-state index in [1.807, 2.05) is 0 Å². The van der Waals surface area contributed by atoms with Crippen molar-refractivity contribution in [1.29, 1.82) is 0 Å². The molecule has 1 rings (SSSR count). The number of hydrogen-bond donors (Lipinski definition) is 1. The molecule has 0 N–H and O–H groups in total. The highest BCUT2D eigenvalue weighted by atomic mass is 32.1. The van der Waals surface area contributed by atoms with E-state index in [1.54, 1.807) is 0 Å². The highest BCUT2D eigenvalue weighted by molar-refractivity contribution is 7.96. The second kappa shape index (κ2) is 7.22. The first-order valence-corrected chi connectivity index (χ1v) is 5.91. The van der Waals surface area contributed by atoms with E-state index in [0.29, 0.717) is 6.54 Å². The fraction of sp³-hybridized carbons (Fsp3) is 0.900. The lowest BCUT2D eigenvalue weighted by Gasteiger charge is -2.32. The number of carbonyl (C=O) groups is 1. The predicted molar refractivity (Wildman–Crippen MR) is 63.1 cm³/mol. The van der Waals surface area contributed by atoms with E-state index >= 15 is 0 Å². The maximum absolute atomic E-state index is 10.9.